The third-order valence-corrected chi connectivity index (χ3v) is 6.40. The third-order valence-electron chi connectivity index (χ3n) is 4.87. The van der Waals surface area contributed by atoms with Crippen molar-refractivity contribution >= 4 is 16.0 Å². The van der Waals surface area contributed by atoms with Gasteiger partial charge in [-0.1, -0.05) is 48.5 Å². The lowest BCUT2D eigenvalue weighted by molar-refractivity contribution is -0.139. The zero-order chi connectivity index (χ0) is 23.8. The van der Waals surface area contributed by atoms with Gasteiger partial charge in [-0.25, -0.2) is 8.42 Å². The number of aliphatic carboxylic acids is 1. The Morgan fingerprint density at radius 1 is 0.939 bits per heavy atom. The molecule has 0 aliphatic rings. The van der Waals surface area contributed by atoms with Crippen molar-refractivity contribution in [3.8, 4) is 22.6 Å². The zero-order valence-electron chi connectivity index (χ0n) is 17.9. The van der Waals surface area contributed by atoms with E-state index >= 15 is 0 Å². The summed E-state index contributed by atoms with van der Waals surface area (Å²) >= 11 is 0. The van der Waals surface area contributed by atoms with Crippen LogP contribution in [0.25, 0.3) is 11.1 Å². The van der Waals surface area contributed by atoms with Crippen LogP contribution in [0.1, 0.15) is 6.42 Å². The van der Waals surface area contributed by atoms with E-state index in [1.807, 2.05) is 6.07 Å². The summed E-state index contributed by atoms with van der Waals surface area (Å²) in [6.45, 7) is -0.183. The lowest BCUT2D eigenvalue weighted by atomic mass is 10.1. The molecule has 0 amide bonds. The molecule has 9 heteroatoms. The van der Waals surface area contributed by atoms with Gasteiger partial charge < -0.3 is 19.7 Å². The van der Waals surface area contributed by atoms with Crippen LogP contribution in [0.5, 0.6) is 11.5 Å². The molecule has 0 saturated carbocycles. The van der Waals surface area contributed by atoms with E-state index in [0.717, 1.165) is 0 Å². The van der Waals surface area contributed by atoms with Gasteiger partial charge in [0.15, 0.2) is 0 Å². The summed E-state index contributed by atoms with van der Waals surface area (Å²) in [7, 11) is -2.70. The van der Waals surface area contributed by atoms with Crippen molar-refractivity contribution in [3.63, 3.8) is 0 Å². The van der Waals surface area contributed by atoms with Crippen molar-refractivity contribution in [3.05, 3.63) is 78.9 Å². The van der Waals surface area contributed by atoms with Gasteiger partial charge in [0.05, 0.1) is 18.1 Å². The number of ether oxygens (including phenoxy) is 2. The van der Waals surface area contributed by atoms with Crippen molar-refractivity contribution in [2.45, 2.75) is 23.5 Å². The molecule has 0 heterocycles. The highest BCUT2D eigenvalue weighted by Gasteiger charge is 2.29. The van der Waals surface area contributed by atoms with Crippen LogP contribution in [-0.4, -0.2) is 50.5 Å². The van der Waals surface area contributed by atoms with E-state index in [1.54, 1.807) is 66.7 Å². The van der Waals surface area contributed by atoms with E-state index < -0.39 is 28.1 Å². The zero-order valence-corrected chi connectivity index (χ0v) is 18.7. The molecule has 0 aliphatic heterocycles. The predicted octanol–water partition coefficient (Wildman–Crippen LogP) is 2.92. The molecule has 0 radical (unpaired) electrons. The Morgan fingerprint density at radius 3 is 2.21 bits per heavy atom. The normalized spacial score (nSPS) is 13.2. The number of aliphatic hydroxyl groups is 1. The first kappa shape index (κ1) is 24.2. The lowest BCUT2D eigenvalue weighted by Gasteiger charge is -2.20. The van der Waals surface area contributed by atoms with Gasteiger partial charge in [-0.15, -0.1) is 0 Å². The standard InChI is InChI=1S/C24H25NO7S/c1-31-19-13-11-17(12-14-19)21-9-5-6-10-23(21)33(29,30)25-22(24(27)28)15-18(26)16-32-20-7-3-2-4-8-20/h2-14,18,22,25-26H,15-16H2,1H3,(H,27,28). The van der Waals surface area contributed by atoms with E-state index in [2.05, 4.69) is 4.72 Å². The van der Waals surface area contributed by atoms with Gasteiger partial charge in [0.2, 0.25) is 10.0 Å². The molecule has 8 nitrogen and oxygen atoms in total. The van der Waals surface area contributed by atoms with Crippen molar-refractivity contribution in [1.82, 2.24) is 4.72 Å². The molecule has 3 aromatic carbocycles. The Bertz CT molecular complexity index is 1160. The highest BCUT2D eigenvalue weighted by Crippen LogP contribution is 2.29. The average molecular weight is 472 g/mol. The van der Waals surface area contributed by atoms with E-state index in [-0.39, 0.29) is 17.9 Å². The smallest absolute Gasteiger partial charge is 0.321 e. The Labute approximate surface area is 192 Å². The second-order valence-electron chi connectivity index (χ2n) is 7.25. The fraction of sp³-hybridized carbons (Fsp3) is 0.208. The van der Waals surface area contributed by atoms with Gasteiger partial charge >= 0.3 is 5.97 Å². The summed E-state index contributed by atoms with van der Waals surface area (Å²) in [6, 6.07) is 20.3. The summed E-state index contributed by atoms with van der Waals surface area (Å²) in [6.07, 6.45) is -1.57. The minimum atomic E-state index is -4.23. The van der Waals surface area contributed by atoms with Crippen LogP contribution in [-0.2, 0) is 14.8 Å². The maximum Gasteiger partial charge on any atom is 0.321 e. The molecular formula is C24H25NO7S. The second-order valence-corrected chi connectivity index (χ2v) is 8.93. The topological polar surface area (TPSA) is 122 Å². The molecule has 174 valence electrons. The minimum absolute atomic E-state index is 0.0727. The summed E-state index contributed by atoms with van der Waals surface area (Å²) in [5, 5.41) is 19.8. The van der Waals surface area contributed by atoms with Crippen LogP contribution in [0, 0.1) is 0 Å². The first-order valence-electron chi connectivity index (χ1n) is 10.1. The van der Waals surface area contributed by atoms with Gasteiger partial charge in [0.1, 0.15) is 24.1 Å². The number of hydrogen-bond donors (Lipinski definition) is 3. The fourth-order valence-electron chi connectivity index (χ4n) is 3.21. The van der Waals surface area contributed by atoms with Gasteiger partial charge in [0, 0.05) is 12.0 Å². The number of nitrogens with one attached hydrogen (secondary N) is 1. The van der Waals surface area contributed by atoms with Crippen LogP contribution in [0.2, 0.25) is 0 Å². The van der Waals surface area contributed by atoms with Crippen LogP contribution >= 0.6 is 0 Å². The molecule has 0 aromatic heterocycles. The van der Waals surface area contributed by atoms with Gasteiger partial charge in [0.25, 0.3) is 0 Å². The Balaban J connectivity index is 1.76. The SMILES string of the molecule is COc1ccc(-c2ccccc2S(=O)(=O)NC(CC(O)COc2ccccc2)C(=O)O)cc1. The Hall–Kier alpha value is -3.40. The van der Waals surface area contributed by atoms with Gasteiger partial charge in [-0.2, -0.15) is 4.72 Å². The van der Waals surface area contributed by atoms with E-state index in [0.29, 0.717) is 22.6 Å². The van der Waals surface area contributed by atoms with E-state index in [9.17, 15) is 23.4 Å². The summed E-state index contributed by atoms with van der Waals surface area (Å²) in [5.74, 6) is -0.272. The largest absolute Gasteiger partial charge is 0.497 e. The summed E-state index contributed by atoms with van der Waals surface area (Å²) in [5.41, 5.74) is 1.03. The highest BCUT2D eigenvalue weighted by molar-refractivity contribution is 7.89. The third kappa shape index (κ3) is 6.55. The Kier molecular flexibility index (Phi) is 8.05. The fourth-order valence-corrected chi connectivity index (χ4v) is 4.64. The van der Waals surface area contributed by atoms with Crippen LogP contribution in [0.15, 0.2) is 83.8 Å². The average Bonchev–Trinajstić information content (AvgIpc) is 2.83. The van der Waals surface area contributed by atoms with Crippen LogP contribution < -0.4 is 14.2 Å². The van der Waals surface area contributed by atoms with Crippen molar-refractivity contribution in [1.29, 1.82) is 0 Å². The first-order chi connectivity index (χ1) is 15.8. The Morgan fingerprint density at radius 2 is 1.58 bits per heavy atom. The molecule has 0 spiro atoms. The van der Waals surface area contributed by atoms with Crippen LogP contribution in [0.3, 0.4) is 0 Å². The first-order valence-corrected chi connectivity index (χ1v) is 11.6. The van der Waals surface area contributed by atoms with Crippen molar-refractivity contribution in [2.24, 2.45) is 0 Å². The number of carboxylic acids is 1. The number of carboxylic acid groups (broad SMARTS) is 1. The quantitative estimate of drug-likeness (QED) is 0.393. The number of rotatable bonds is 11. The summed E-state index contributed by atoms with van der Waals surface area (Å²) < 4.78 is 39.0. The maximum atomic E-state index is 13.1. The van der Waals surface area contributed by atoms with Crippen molar-refractivity contribution in [2.75, 3.05) is 13.7 Å². The number of carbonyl (C=O) groups is 1. The maximum absolute atomic E-state index is 13.1. The number of sulfonamides is 1. The monoisotopic (exact) mass is 471 g/mol. The molecular weight excluding hydrogens is 446 g/mol. The van der Waals surface area contributed by atoms with Gasteiger partial charge in [-0.3, -0.25) is 4.79 Å². The molecule has 3 rings (SSSR count). The molecule has 0 saturated heterocycles. The molecule has 2 atom stereocenters. The molecule has 0 aliphatic carbocycles. The van der Waals surface area contributed by atoms with E-state index in [1.165, 1.54) is 13.2 Å². The van der Waals surface area contributed by atoms with Gasteiger partial charge in [-0.05, 0) is 35.9 Å². The number of aliphatic hydroxyl groups excluding tert-OH is 1. The molecule has 2 unspecified atom stereocenters. The van der Waals surface area contributed by atoms with Crippen molar-refractivity contribution < 1.29 is 32.9 Å². The number of benzene rings is 3. The lowest BCUT2D eigenvalue weighted by Crippen LogP contribution is -2.43. The van der Waals surface area contributed by atoms with E-state index in [4.69, 9.17) is 9.47 Å². The molecule has 3 N–H and O–H groups in total. The number of para-hydroxylation sites is 1. The highest BCUT2D eigenvalue weighted by atomic mass is 32.2. The molecule has 3 aromatic rings. The number of hydrogen-bond acceptors (Lipinski definition) is 6. The summed E-state index contributed by atoms with van der Waals surface area (Å²) in [4.78, 5) is 11.7. The van der Waals surface area contributed by atoms with Crippen LogP contribution in [0.4, 0.5) is 0 Å². The molecule has 33 heavy (non-hydrogen) atoms. The molecule has 0 bridgehead atoms. The minimum Gasteiger partial charge on any atom is -0.497 e. The molecule has 0 fully saturated rings. The predicted molar refractivity (Wildman–Crippen MR) is 123 cm³/mol. The number of methoxy groups -OCH3 is 1. The second kappa shape index (κ2) is 11.0.